The van der Waals surface area contributed by atoms with Crippen molar-refractivity contribution in [3.8, 4) is 11.5 Å². The van der Waals surface area contributed by atoms with E-state index in [-0.39, 0.29) is 32.7 Å². The second-order valence-electron chi connectivity index (χ2n) is 8.11. The Morgan fingerprint density at radius 1 is 0.730 bits per heavy atom. The normalized spacial score (nSPS) is 10.8. The quantitative estimate of drug-likeness (QED) is 0.201. The smallest absolute Gasteiger partial charge is 0.344 e. The highest BCUT2D eigenvalue weighted by atomic mass is 16.6. The number of ether oxygens (including phenoxy) is 4. The van der Waals surface area contributed by atoms with Crippen molar-refractivity contribution < 1.29 is 33.3 Å². The SMILES string of the molecule is CCOC(=O)C(Cc1ccc(OCc2ccccc2)c(OCc2ccccc2)c1)(NC=O)C(=O)OCC. The first-order chi connectivity index (χ1) is 18.0. The molecule has 3 rings (SSSR count). The summed E-state index contributed by atoms with van der Waals surface area (Å²) in [6.07, 6.45) is 0.0854. The monoisotopic (exact) mass is 505 g/mol. The van der Waals surface area contributed by atoms with Crippen LogP contribution in [0.5, 0.6) is 11.5 Å². The number of esters is 2. The van der Waals surface area contributed by atoms with Gasteiger partial charge in [-0.25, -0.2) is 9.59 Å². The average Bonchev–Trinajstić information content (AvgIpc) is 2.92. The molecule has 0 fully saturated rings. The molecule has 0 atom stereocenters. The molecule has 0 bridgehead atoms. The van der Waals surface area contributed by atoms with Crippen molar-refractivity contribution in [3.63, 3.8) is 0 Å². The predicted molar refractivity (Wildman–Crippen MR) is 137 cm³/mol. The first-order valence-corrected chi connectivity index (χ1v) is 12.0. The topological polar surface area (TPSA) is 100 Å². The van der Waals surface area contributed by atoms with Crippen molar-refractivity contribution in [2.75, 3.05) is 13.2 Å². The third-order valence-corrected chi connectivity index (χ3v) is 5.50. The fourth-order valence-corrected chi connectivity index (χ4v) is 3.68. The van der Waals surface area contributed by atoms with Crippen LogP contribution in [0.2, 0.25) is 0 Å². The van der Waals surface area contributed by atoms with E-state index in [1.807, 2.05) is 60.7 Å². The second kappa shape index (κ2) is 13.7. The van der Waals surface area contributed by atoms with Gasteiger partial charge in [0.1, 0.15) is 13.2 Å². The molecule has 0 aliphatic heterocycles. The van der Waals surface area contributed by atoms with Crippen LogP contribution in [0.25, 0.3) is 0 Å². The Kier molecular flexibility index (Phi) is 10.1. The minimum atomic E-state index is -2.04. The van der Waals surface area contributed by atoms with Crippen LogP contribution in [0.4, 0.5) is 0 Å². The molecular weight excluding hydrogens is 474 g/mol. The summed E-state index contributed by atoms with van der Waals surface area (Å²) in [5, 5.41) is 2.35. The zero-order valence-corrected chi connectivity index (χ0v) is 21.0. The van der Waals surface area contributed by atoms with Crippen LogP contribution in [0.15, 0.2) is 78.9 Å². The Bertz CT molecular complexity index is 1150. The van der Waals surface area contributed by atoms with Gasteiger partial charge < -0.3 is 24.3 Å². The number of carbonyl (C=O) groups is 3. The van der Waals surface area contributed by atoms with Gasteiger partial charge in [0.2, 0.25) is 11.9 Å². The lowest BCUT2D eigenvalue weighted by molar-refractivity contribution is -0.167. The summed E-state index contributed by atoms with van der Waals surface area (Å²) in [5.41, 5.74) is 0.429. The summed E-state index contributed by atoms with van der Waals surface area (Å²) in [6.45, 7) is 3.88. The van der Waals surface area contributed by atoms with E-state index in [0.29, 0.717) is 23.7 Å². The van der Waals surface area contributed by atoms with Gasteiger partial charge in [-0.05, 0) is 42.7 Å². The van der Waals surface area contributed by atoms with Crippen LogP contribution in [0, 0.1) is 0 Å². The summed E-state index contributed by atoms with van der Waals surface area (Å²) in [5.74, 6) is -0.900. The van der Waals surface area contributed by atoms with Gasteiger partial charge in [-0.1, -0.05) is 66.7 Å². The van der Waals surface area contributed by atoms with Crippen LogP contribution in [-0.2, 0) is 43.5 Å². The van der Waals surface area contributed by atoms with Gasteiger partial charge in [0, 0.05) is 6.42 Å². The lowest BCUT2D eigenvalue weighted by atomic mass is 9.90. The number of nitrogens with one attached hydrogen (secondary N) is 1. The fraction of sp³-hybridized carbons (Fsp3) is 0.276. The zero-order chi connectivity index (χ0) is 26.5. The van der Waals surface area contributed by atoms with Gasteiger partial charge in [0.05, 0.1) is 13.2 Å². The molecule has 0 radical (unpaired) electrons. The Hall–Kier alpha value is -4.33. The van der Waals surface area contributed by atoms with Crippen molar-refractivity contribution in [2.45, 2.75) is 39.0 Å². The summed E-state index contributed by atoms with van der Waals surface area (Å²) in [6, 6.07) is 24.4. The molecule has 3 aromatic rings. The van der Waals surface area contributed by atoms with Crippen LogP contribution in [-0.4, -0.2) is 37.1 Å². The van der Waals surface area contributed by atoms with E-state index in [4.69, 9.17) is 18.9 Å². The number of hydrogen-bond acceptors (Lipinski definition) is 7. The van der Waals surface area contributed by atoms with E-state index in [9.17, 15) is 14.4 Å². The lowest BCUT2D eigenvalue weighted by Crippen LogP contribution is -2.60. The molecule has 0 spiro atoms. The van der Waals surface area contributed by atoms with E-state index in [1.165, 1.54) is 0 Å². The van der Waals surface area contributed by atoms with Crippen LogP contribution in [0.3, 0.4) is 0 Å². The Morgan fingerprint density at radius 3 is 1.73 bits per heavy atom. The van der Waals surface area contributed by atoms with E-state index in [0.717, 1.165) is 11.1 Å². The van der Waals surface area contributed by atoms with E-state index in [2.05, 4.69) is 5.32 Å². The molecule has 3 aromatic carbocycles. The molecule has 8 nitrogen and oxygen atoms in total. The molecule has 0 saturated heterocycles. The second-order valence-corrected chi connectivity index (χ2v) is 8.11. The van der Waals surface area contributed by atoms with Crippen molar-refractivity contribution in [1.29, 1.82) is 0 Å². The molecule has 0 saturated carbocycles. The number of amides is 1. The van der Waals surface area contributed by atoms with E-state index in [1.54, 1.807) is 32.0 Å². The average molecular weight is 506 g/mol. The van der Waals surface area contributed by atoms with Gasteiger partial charge >= 0.3 is 11.9 Å². The van der Waals surface area contributed by atoms with Crippen molar-refractivity contribution in [3.05, 3.63) is 95.6 Å². The predicted octanol–water partition coefficient (Wildman–Crippen LogP) is 4.00. The summed E-state index contributed by atoms with van der Waals surface area (Å²) >= 11 is 0. The van der Waals surface area contributed by atoms with Gasteiger partial charge in [-0.2, -0.15) is 0 Å². The summed E-state index contributed by atoms with van der Waals surface area (Å²) in [4.78, 5) is 37.3. The maximum absolute atomic E-state index is 12.9. The Balaban J connectivity index is 1.94. The molecule has 0 aliphatic carbocycles. The van der Waals surface area contributed by atoms with Crippen LogP contribution < -0.4 is 14.8 Å². The largest absolute Gasteiger partial charge is 0.485 e. The van der Waals surface area contributed by atoms with E-state index < -0.39 is 17.5 Å². The lowest BCUT2D eigenvalue weighted by Gasteiger charge is -2.28. The minimum absolute atomic E-state index is 0.0260. The zero-order valence-electron chi connectivity index (χ0n) is 21.0. The minimum Gasteiger partial charge on any atom is -0.485 e. The molecule has 37 heavy (non-hydrogen) atoms. The fourth-order valence-electron chi connectivity index (χ4n) is 3.68. The van der Waals surface area contributed by atoms with E-state index >= 15 is 0 Å². The Morgan fingerprint density at radius 2 is 1.24 bits per heavy atom. The van der Waals surface area contributed by atoms with Crippen LogP contribution >= 0.6 is 0 Å². The third kappa shape index (κ3) is 7.33. The molecule has 8 heteroatoms. The molecule has 0 heterocycles. The first-order valence-electron chi connectivity index (χ1n) is 12.0. The van der Waals surface area contributed by atoms with Crippen LogP contribution in [0.1, 0.15) is 30.5 Å². The number of hydrogen-bond donors (Lipinski definition) is 1. The summed E-state index contributed by atoms with van der Waals surface area (Å²) < 4.78 is 22.4. The molecule has 1 amide bonds. The highest BCUT2D eigenvalue weighted by Crippen LogP contribution is 2.32. The first kappa shape index (κ1) is 27.3. The number of rotatable bonds is 14. The molecule has 0 aliphatic rings. The van der Waals surface area contributed by atoms with Crippen molar-refractivity contribution in [2.24, 2.45) is 0 Å². The highest BCUT2D eigenvalue weighted by Gasteiger charge is 2.49. The maximum atomic E-state index is 12.9. The Labute approximate surface area is 216 Å². The van der Waals surface area contributed by atoms with Gasteiger partial charge in [-0.15, -0.1) is 0 Å². The number of carbonyl (C=O) groups excluding carboxylic acids is 3. The molecule has 1 N–H and O–H groups in total. The van der Waals surface area contributed by atoms with Gasteiger partial charge in [-0.3, -0.25) is 4.79 Å². The highest BCUT2D eigenvalue weighted by molar-refractivity contribution is 6.06. The standard InChI is InChI=1S/C29H31NO7/c1-3-34-27(32)29(30-21-31,28(33)35-4-2)18-24-15-16-25(36-19-22-11-7-5-8-12-22)26(17-24)37-20-23-13-9-6-10-14-23/h5-17,21H,3-4,18-20H2,1-2H3,(H,30,31). The molecular formula is C29H31NO7. The third-order valence-electron chi connectivity index (χ3n) is 5.50. The maximum Gasteiger partial charge on any atom is 0.344 e. The number of benzene rings is 3. The molecule has 0 unspecified atom stereocenters. The molecule has 194 valence electrons. The van der Waals surface area contributed by atoms with Crippen molar-refractivity contribution in [1.82, 2.24) is 5.32 Å². The molecule has 0 aromatic heterocycles. The van der Waals surface area contributed by atoms with Gasteiger partial charge in [0.25, 0.3) is 0 Å². The summed E-state index contributed by atoms with van der Waals surface area (Å²) in [7, 11) is 0. The van der Waals surface area contributed by atoms with Gasteiger partial charge in [0.15, 0.2) is 11.5 Å². The van der Waals surface area contributed by atoms with Crippen molar-refractivity contribution >= 4 is 18.3 Å².